The number of carbonyl (C=O) groups excluding carboxylic acids is 5. The standard InChI is InChI=1S/C49H65NO17/c1-22-13-12-14-29(27(6)65-47(59)48(8,9)20-34(52)60-11)17-23(2)39(53)25(4)40(54)24(3)32(66-35-19-33-44(28(7)64-35)62-21-61-33)15-16-63-49(10)45(57)38-36-31(51)18-30(50-46(22)58)42(56)37(36)41(55)26(5)43(38)67-49/h12-16,18,23-25,27-29,32-33,35,39-40,44-45,53-55,57H,17,19-21H2,1-11H3,(H,50,58)/b14-12+,16-15+,22-13-/t23-,24-,25-,27?,28-,29+,32+,33+,35+,39-,40-,44-,45?,49+/m1/s1. The van der Waals surface area contributed by atoms with Gasteiger partial charge in [-0.15, -0.1) is 0 Å². The monoisotopic (exact) mass is 939 g/mol. The number of nitrogens with one attached hydrogen (secondary N) is 1. The van der Waals surface area contributed by atoms with E-state index in [0.717, 1.165) is 6.08 Å². The number of ether oxygens (including phenoxy) is 8. The number of phenols is 1. The molecule has 5 aliphatic heterocycles. The summed E-state index contributed by atoms with van der Waals surface area (Å²) in [4.78, 5) is 66.9. The number of phenolic OH excluding ortho intramolecular Hbond substituents is 1. The van der Waals surface area contributed by atoms with Gasteiger partial charge in [-0.3, -0.25) is 24.0 Å². The van der Waals surface area contributed by atoms with Crippen molar-refractivity contribution in [2.45, 2.75) is 149 Å². The van der Waals surface area contributed by atoms with E-state index in [1.54, 1.807) is 53.7 Å². The Morgan fingerprint density at radius 2 is 1.69 bits per heavy atom. The fourth-order valence-corrected chi connectivity index (χ4v) is 9.26. The summed E-state index contributed by atoms with van der Waals surface area (Å²) in [6, 6.07) is 0. The molecule has 67 heavy (non-hydrogen) atoms. The van der Waals surface area contributed by atoms with Crippen LogP contribution in [0.2, 0.25) is 0 Å². The third-order valence-electron chi connectivity index (χ3n) is 13.7. The Morgan fingerprint density at radius 3 is 2.37 bits per heavy atom. The number of amides is 1. The number of hydrogen-bond donors (Lipinski definition) is 5. The third kappa shape index (κ3) is 10.5. The number of allylic oxidation sites excluding steroid dienone is 4. The van der Waals surface area contributed by atoms with Gasteiger partial charge in [-0.25, -0.2) is 0 Å². The molecule has 2 saturated heterocycles. The van der Waals surface area contributed by atoms with E-state index in [2.05, 4.69) is 5.32 Å². The number of hydrogen-bond acceptors (Lipinski definition) is 17. The molecule has 6 aliphatic rings. The number of aromatic hydroxyl groups is 1. The van der Waals surface area contributed by atoms with Crippen molar-refractivity contribution in [2.24, 2.45) is 29.1 Å². The van der Waals surface area contributed by atoms with Crippen molar-refractivity contribution < 1.29 is 82.3 Å². The van der Waals surface area contributed by atoms with Gasteiger partial charge in [0.25, 0.3) is 11.7 Å². The molecule has 1 aromatic carbocycles. The highest BCUT2D eigenvalue weighted by molar-refractivity contribution is 6.27. The van der Waals surface area contributed by atoms with Gasteiger partial charge in [0, 0.05) is 59.4 Å². The predicted octanol–water partition coefficient (Wildman–Crippen LogP) is 4.69. The van der Waals surface area contributed by atoms with Crippen LogP contribution in [-0.4, -0.2) is 119 Å². The van der Waals surface area contributed by atoms with E-state index in [4.69, 9.17) is 37.9 Å². The van der Waals surface area contributed by atoms with Crippen molar-refractivity contribution in [3.05, 3.63) is 70.2 Å². The Hall–Kier alpha value is -4.95. The lowest BCUT2D eigenvalue weighted by Gasteiger charge is -2.39. The fourth-order valence-electron chi connectivity index (χ4n) is 9.26. The number of esters is 2. The van der Waals surface area contributed by atoms with Crippen LogP contribution in [0.1, 0.15) is 120 Å². The van der Waals surface area contributed by atoms with Crippen LogP contribution in [0.25, 0.3) is 0 Å². The molecular weight excluding hydrogens is 875 g/mol. The predicted molar refractivity (Wildman–Crippen MR) is 237 cm³/mol. The van der Waals surface area contributed by atoms with E-state index in [9.17, 15) is 44.4 Å². The molecule has 5 bridgehead atoms. The van der Waals surface area contributed by atoms with Crippen molar-refractivity contribution in [2.75, 3.05) is 13.9 Å². The molecule has 0 radical (unpaired) electrons. The molecule has 18 nitrogen and oxygen atoms in total. The minimum Gasteiger partial charge on any atom is -0.507 e. The zero-order valence-electron chi connectivity index (χ0n) is 39.9. The van der Waals surface area contributed by atoms with Gasteiger partial charge >= 0.3 is 11.9 Å². The van der Waals surface area contributed by atoms with Crippen LogP contribution in [0.5, 0.6) is 11.5 Å². The summed E-state index contributed by atoms with van der Waals surface area (Å²) >= 11 is 0. The van der Waals surface area contributed by atoms with E-state index >= 15 is 0 Å². The number of Topliss-reactive ketones (excluding diaryl/α,β-unsaturated/α-hetero) is 1. The lowest BCUT2D eigenvalue weighted by atomic mass is 9.79. The van der Waals surface area contributed by atoms with Crippen LogP contribution in [0.4, 0.5) is 0 Å². The van der Waals surface area contributed by atoms with Gasteiger partial charge in [0.2, 0.25) is 5.78 Å². The van der Waals surface area contributed by atoms with Gasteiger partial charge in [-0.05, 0) is 60.0 Å². The summed E-state index contributed by atoms with van der Waals surface area (Å²) in [5.74, 6) is -8.89. The number of fused-ring (bicyclic) bond motifs is 15. The second-order valence-corrected chi connectivity index (χ2v) is 19.3. The summed E-state index contributed by atoms with van der Waals surface area (Å²) in [7, 11) is 1.22. The molecule has 14 atom stereocenters. The number of benzene rings is 1. The number of methoxy groups -OCH3 is 1. The zero-order valence-corrected chi connectivity index (χ0v) is 39.9. The van der Waals surface area contributed by atoms with Gasteiger partial charge in [0.15, 0.2) is 18.2 Å². The maximum Gasteiger partial charge on any atom is 0.312 e. The van der Waals surface area contributed by atoms with Crippen molar-refractivity contribution in [3.8, 4) is 11.5 Å². The van der Waals surface area contributed by atoms with E-state index in [1.807, 2.05) is 6.92 Å². The molecule has 5 N–H and O–H groups in total. The van der Waals surface area contributed by atoms with Crippen LogP contribution in [0.3, 0.4) is 0 Å². The molecule has 0 spiro atoms. The molecule has 1 aliphatic carbocycles. The Balaban J connectivity index is 1.38. The quantitative estimate of drug-likeness (QED) is 0.233. The molecule has 0 aromatic heterocycles. The Kier molecular flexibility index (Phi) is 15.6. The van der Waals surface area contributed by atoms with Gasteiger partial charge in [-0.2, -0.15) is 0 Å². The first-order valence-corrected chi connectivity index (χ1v) is 22.7. The average Bonchev–Trinajstić information content (AvgIpc) is 3.86. The van der Waals surface area contributed by atoms with E-state index in [0.29, 0.717) is 6.42 Å². The minimum atomic E-state index is -1.92. The maximum atomic E-state index is 14.0. The van der Waals surface area contributed by atoms with Crippen molar-refractivity contribution in [1.29, 1.82) is 0 Å². The number of carbonyl (C=O) groups is 5. The number of aliphatic hydroxyl groups is 3. The highest BCUT2D eigenvalue weighted by Crippen LogP contribution is 2.52. The molecule has 18 heteroatoms. The van der Waals surface area contributed by atoms with Crippen LogP contribution >= 0.6 is 0 Å². The normalized spacial score (nSPS) is 36.0. The Morgan fingerprint density at radius 1 is 0.985 bits per heavy atom. The lowest BCUT2D eigenvalue weighted by Crippen LogP contribution is -2.48. The summed E-state index contributed by atoms with van der Waals surface area (Å²) < 4.78 is 47.1. The van der Waals surface area contributed by atoms with Crippen LogP contribution in [-0.2, 0) is 47.5 Å². The summed E-state index contributed by atoms with van der Waals surface area (Å²) in [6.07, 6.45) is 1.03. The maximum absolute atomic E-state index is 14.0. The van der Waals surface area contributed by atoms with Gasteiger partial charge in [0.1, 0.15) is 30.5 Å². The first-order chi connectivity index (χ1) is 31.4. The number of rotatable bonds is 7. The molecule has 2 unspecified atom stereocenters. The largest absolute Gasteiger partial charge is 0.507 e. The highest BCUT2D eigenvalue weighted by atomic mass is 16.7. The Labute approximate surface area is 390 Å². The second-order valence-electron chi connectivity index (χ2n) is 19.3. The second kappa shape index (κ2) is 20.3. The van der Waals surface area contributed by atoms with Gasteiger partial charge in [-0.1, -0.05) is 39.0 Å². The zero-order chi connectivity index (χ0) is 49.4. The van der Waals surface area contributed by atoms with Gasteiger partial charge < -0.3 is 63.6 Å². The first-order valence-electron chi connectivity index (χ1n) is 22.7. The molecule has 1 aromatic rings. The molecule has 7 rings (SSSR count). The smallest absolute Gasteiger partial charge is 0.312 e. The lowest BCUT2D eigenvalue weighted by molar-refractivity contribution is -0.245. The molecular formula is C49H65NO17. The van der Waals surface area contributed by atoms with Gasteiger partial charge in [0.05, 0.1) is 67.0 Å². The summed E-state index contributed by atoms with van der Waals surface area (Å²) in [5, 5.41) is 49.6. The van der Waals surface area contributed by atoms with E-state index in [-0.39, 0.29) is 59.9 Å². The van der Waals surface area contributed by atoms with E-state index in [1.165, 1.54) is 46.3 Å². The minimum absolute atomic E-state index is 0.0331. The number of aliphatic hydroxyl groups excluding tert-OH is 3. The molecule has 368 valence electrons. The molecule has 2 fully saturated rings. The third-order valence-corrected chi connectivity index (χ3v) is 13.7. The topological polar surface area (TPSA) is 252 Å². The van der Waals surface area contributed by atoms with Crippen LogP contribution in [0.15, 0.2) is 47.9 Å². The summed E-state index contributed by atoms with van der Waals surface area (Å²) in [5.41, 5.74) is -2.35. The highest BCUT2D eigenvalue weighted by Gasteiger charge is 2.52. The average molecular weight is 940 g/mol. The molecule has 0 saturated carbocycles. The summed E-state index contributed by atoms with van der Waals surface area (Å²) in [6.45, 7) is 16.3. The first kappa shape index (κ1) is 51.4. The van der Waals surface area contributed by atoms with Crippen LogP contribution < -0.4 is 10.1 Å². The molecule has 5 heterocycles. The van der Waals surface area contributed by atoms with Crippen molar-refractivity contribution >= 4 is 29.4 Å². The number of ketones is 2. The van der Waals surface area contributed by atoms with Crippen molar-refractivity contribution in [3.63, 3.8) is 0 Å². The molecule has 1 amide bonds. The SMILES string of the molecule is COC(=O)CC(C)(C)C(=O)OC(C)[C@H]1/C=C/C=C(/C)C(=O)NC2=CC(=O)c3c(c(O)c(C)c4c3C(O)[C@@](C)(O/C=C/[C@H](O[C@H]3C[C@@H]5OCO[C@@H]5[C@@H](C)O3)[C@@H](C)[C@@H](O)[C@H](C)[C@H](O)[C@H](C)C1)O4)C2=O. The van der Waals surface area contributed by atoms with Crippen molar-refractivity contribution in [1.82, 2.24) is 5.32 Å². The van der Waals surface area contributed by atoms with Crippen LogP contribution in [0, 0.1) is 36.0 Å². The van der Waals surface area contributed by atoms with E-state index < -0.39 is 124 Å². The fraction of sp³-hybridized carbons (Fsp3) is 0.612. The Bertz CT molecular complexity index is 2230.